The number of fused-ring (bicyclic) bond motifs is 1. The smallest absolute Gasteiger partial charge is 0.334 e. The molecule has 3 nitrogen and oxygen atoms in total. The van der Waals surface area contributed by atoms with Gasteiger partial charge in [-0.25, -0.2) is 4.79 Å². The van der Waals surface area contributed by atoms with Crippen LogP contribution in [0.4, 0.5) is 0 Å². The lowest BCUT2D eigenvalue weighted by atomic mass is 9.86. The molecule has 3 atom stereocenters. The Bertz CT molecular complexity index is 419. The fraction of sp³-hybridized carbons (Fsp3) is 0.533. The molecule has 1 aliphatic heterocycles. The van der Waals surface area contributed by atoms with E-state index in [9.17, 15) is 9.90 Å². The van der Waals surface area contributed by atoms with Crippen molar-refractivity contribution < 1.29 is 14.6 Å². The summed E-state index contributed by atoms with van der Waals surface area (Å²) >= 11 is 0. The summed E-state index contributed by atoms with van der Waals surface area (Å²) in [6.45, 7) is 9.75. The zero-order valence-corrected chi connectivity index (χ0v) is 10.8. The number of rotatable bonds is 0. The maximum Gasteiger partial charge on any atom is 0.334 e. The molecule has 98 valence electrons. The van der Waals surface area contributed by atoms with E-state index in [1.54, 1.807) is 0 Å². The topological polar surface area (TPSA) is 46.5 Å². The molecule has 0 amide bonds. The Kier molecular flexibility index (Phi) is 3.71. The van der Waals surface area contributed by atoms with E-state index in [0.717, 1.165) is 24.0 Å². The number of carbonyl (C=O) groups excluding carboxylic acids is 1. The van der Waals surface area contributed by atoms with Gasteiger partial charge in [0.25, 0.3) is 0 Å². The predicted octanol–water partition coefficient (Wildman–Crippen LogP) is 2.52. The quantitative estimate of drug-likeness (QED) is 0.407. The van der Waals surface area contributed by atoms with E-state index in [0.29, 0.717) is 18.4 Å². The van der Waals surface area contributed by atoms with E-state index >= 15 is 0 Å². The van der Waals surface area contributed by atoms with Crippen molar-refractivity contribution in [3.8, 4) is 0 Å². The first kappa shape index (κ1) is 13.1. The first-order valence-electron chi connectivity index (χ1n) is 6.42. The third-order valence-corrected chi connectivity index (χ3v) is 3.86. The van der Waals surface area contributed by atoms with Crippen LogP contribution in [-0.2, 0) is 9.53 Å². The van der Waals surface area contributed by atoms with Crippen molar-refractivity contribution in [1.82, 2.24) is 0 Å². The molecule has 0 aromatic heterocycles. The molecule has 18 heavy (non-hydrogen) atoms. The van der Waals surface area contributed by atoms with E-state index < -0.39 is 6.10 Å². The highest BCUT2D eigenvalue weighted by atomic mass is 16.5. The molecule has 0 aromatic rings. The average molecular weight is 248 g/mol. The van der Waals surface area contributed by atoms with Crippen LogP contribution in [0.3, 0.4) is 0 Å². The van der Waals surface area contributed by atoms with Gasteiger partial charge in [0.05, 0.1) is 6.10 Å². The van der Waals surface area contributed by atoms with Gasteiger partial charge in [-0.2, -0.15) is 0 Å². The second-order valence-electron chi connectivity index (χ2n) is 5.27. The number of carbonyl (C=O) groups is 1. The van der Waals surface area contributed by atoms with Crippen molar-refractivity contribution in [3.63, 3.8) is 0 Å². The molecule has 1 heterocycles. The highest BCUT2D eigenvalue weighted by Gasteiger charge is 2.37. The standard InChI is InChI=1S/C15H20O3/c1-9-4-7-13(16)10(2)5-6-12-11(3)15(17)18-14(12)8-9/h8,12-14,16H,2-7H2,1H3/b9-8-/t12-,13+,14+/m0/s1. The van der Waals surface area contributed by atoms with Crippen LogP contribution >= 0.6 is 0 Å². The van der Waals surface area contributed by atoms with Gasteiger partial charge in [0.2, 0.25) is 0 Å². The summed E-state index contributed by atoms with van der Waals surface area (Å²) in [6, 6.07) is 0. The van der Waals surface area contributed by atoms with Crippen molar-refractivity contribution in [2.24, 2.45) is 5.92 Å². The monoisotopic (exact) mass is 248 g/mol. The Hall–Kier alpha value is -1.35. The van der Waals surface area contributed by atoms with Crippen LogP contribution in [0.1, 0.15) is 32.6 Å². The Morgan fingerprint density at radius 1 is 1.33 bits per heavy atom. The molecule has 3 heteroatoms. The molecule has 2 rings (SSSR count). The Labute approximate surface area is 108 Å². The molecule has 0 saturated carbocycles. The predicted molar refractivity (Wildman–Crippen MR) is 69.9 cm³/mol. The van der Waals surface area contributed by atoms with Crippen molar-refractivity contribution >= 4 is 5.97 Å². The lowest BCUT2D eigenvalue weighted by Gasteiger charge is -2.21. The van der Waals surface area contributed by atoms with Crippen molar-refractivity contribution in [2.75, 3.05) is 0 Å². The van der Waals surface area contributed by atoms with Crippen molar-refractivity contribution in [2.45, 2.75) is 44.8 Å². The van der Waals surface area contributed by atoms with Gasteiger partial charge < -0.3 is 9.84 Å². The summed E-state index contributed by atoms with van der Waals surface area (Å²) in [5, 5.41) is 9.93. The number of esters is 1. The molecule has 2 aliphatic rings. The third-order valence-electron chi connectivity index (χ3n) is 3.86. The molecule has 1 aliphatic carbocycles. The molecule has 1 saturated heterocycles. The molecular formula is C15H20O3. The number of hydrogen-bond acceptors (Lipinski definition) is 3. The van der Waals surface area contributed by atoms with Crippen LogP contribution in [0.5, 0.6) is 0 Å². The molecule has 0 radical (unpaired) electrons. The van der Waals surface area contributed by atoms with E-state index in [1.165, 1.54) is 0 Å². The van der Waals surface area contributed by atoms with Gasteiger partial charge in [0.15, 0.2) is 0 Å². The Balaban J connectivity index is 2.23. The van der Waals surface area contributed by atoms with Crippen LogP contribution in [0, 0.1) is 5.92 Å². The summed E-state index contributed by atoms with van der Waals surface area (Å²) in [4.78, 5) is 11.6. The van der Waals surface area contributed by atoms with E-state index in [2.05, 4.69) is 13.2 Å². The number of ether oxygens (including phenoxy) is 1. The molecule has 0 aromatic carbocycles. The number of aliphatic hydroxyl groups is 1. The van der Waals surface area contributed by atoms with E-state index in [1.807, 2.05) is 13.0 Å². The van der Waals surface area contributed by atoms with Crippen LogP contribution in [0.2, 0.25) is 0 Å². The second-order valence-corrected chi connectivity index (χ2v) is 5.27. The summed E-state index contributed by atoms with van der Waals surface area (Å²) in [6.07, 6.45) is 4.33. The molecule has 1 fully saturated rings. The normalized spacial score (nSPS) is 36.7. The summed E-state index contributed by atoms with van der Waals surface area (Å²) in [5.41, 5.74) is 2.53. The highest BCUT2D eigenvalue weighted by molar-refractivity contribution is 5.91. The van der Waals surface area contributed by atoms with Gasteiger partial charge in [-0.15, -0.1) is 0 Å². The number of aliphatic hydroxyl groups excluding tert-OH is 1. The Morgan fingerprint density at radius 2 is 2.06 bits per heavy atom. The van der Waals surface area contributed by atoms with Gasteiger partial charge in [-0.1, -0.05) is 18.7 Å². The van der Waals surface area contributed by atoms with Gasteiger partial charge in [-0.05, 0) is 44.3 Å². The third kappa shape index (κ3) is 2.56. The largest absolute Gasteiger partial charge is 0.454 e. The minimum atomic E-state index is -0.448. The number of allylic oxidation sites excluding steroid dienone is 1. The fourth-order valence-corrected chi connectivity index (χ4v) is 2.56. The van der Waals surface area contributed by atoms with Gasteiger partial charge in [0, 0.05) is 11.5 Å². The minimum absolute atomic E-state index is 0.0227. The van der Waals surface area contributed by atoms with Crippen LogP contribution in [0.25, 0.3) is 0 Å². The molecule has 0 spiro atoms. The molecule has 0 bridgehead atoms. The van der Waals surface area contributed by atoms with Crippen molar-refractivity contribution in [1.29, 1.82) is 0 Å². The lowest BCUT2D eigenvalue weighted by Crippen LogP contribution is -2.18. The Morgan fingerprint density at radius 3 is 2.78 bits per heavy atom. The van der Waals surface area contributed by atoms with E-state index in [-0.39, 0.29) is 18.0 Å². The summed E-state index contributed by atoms with van der Waals surface area (Å²) in [5.74, 6) is -0.269. The summed E-state index contributed by atoms with van der Waals surface area (Å²) < 4.78 is 5.33. The number of hydrogen-bond donors (Lipinski definition) is 1. The molecule has 0 unspecified atom stereocenters. The van der Waals surface area contributed by atoms with Crippen LogP contribution in [-0.4, -0.2) is 23.3 Å². The average Bonchev–Trinajstić information content (AvgIpc) is 2.58. The second kappa shape index (κ2) is 5.11. The fourth-order valence-electron chi connectivity index (χ4n) is 2.56. The highest BCUT2D eigenvalue weighted by Crippen LogP contribution is 2.34. The van der Waals surface area contributed by atoms with Gasteiger partial charge >= 0.3 is 5.97 Å². The van der Waals surface area contributed by atoms with Crippen LogP contribution in [0.15, 0.2) is 36.0 Å². The van der Waals surface area contributed by atoms with Gasteiger partial charge in [0.1, 0.15) is 6.10 Å². The molecule has 1 N–H and O–H groups in total. The van der Waals surface area contributed by atoms with Crippen molar-refractivity contribution in [3.05, 3.63) is 36.0 Å². The molecular weight excluding hydrogens is 228 g/mol. The zero-order valence-electron chi connectivity index (χ0n) is 10.8. The summed E-state index contributed by atoms with van der Waals surface area (Å²) in [7, 11) is 0. The van der Waals surface area contributed by atoms with Crippen LogP contribution < -0.4 is 0 Å². The maximum absolute atomic E-state index is 11.6. The zero-order chi connectivity index (χ0) is 13.3. The minimum Gasteiger partial charge on any atom is -0.454 e. The van der Waals surface area contributed by atoms with Gasteiger partial charge in [-0.3, -0.25) is 0 Å². The van der Waals surface area contributed by atoms with E-state index in [4.69, 9.17) is 4.74 Å². The first-order valence-corrected chi connectivity index (χ1v) is 6.42. The lowest BCUT2D eigenvalue weighted by molar-refractivity contribution is -0.137. The maximum atomic E-state index is 11.6. The SMILES string of the molecule is C=C1CC[C@H]2C(=C)C(=O)O[C@@H]2/C=C(/C)CC[C@H]1O. The first-order chi connectivity index (χ1) is 8.49.